The van der Waals surface area contributed by atoms with Crippen molar-refractivity contribution in [2.24, 2.45) is 5.41 Å². The molecule has 1 aliphatic carbocycles. The Labute approximate surface area is 207 Å². The van der Waals surface area contributed by atoms with E-state index in [0.717, 1.165) is 6.42 Å². The molecule has 2 aromatic carbocycles. The smallest absolute Gasteiger partial charge is 0.407 e. The number of carbonyl (C=O) groups is 3. The van der Waals surface area contributed by atoms with Crippen LogP contribution in [0.15, 0.2) is 48.5 Å². The molecule has 2 aromatic rings. The van der Waals surface area contributed by atoms with Crippen LogP contribution in [0, 0.1) is 5.41 Å². The third-order valence-electron chi connectivity index (χ3n) is 6.58. The molecule has 3 rings (SSSR count). The van der Waals surface area contributed by atoms with Crippen LogP contribution < -0.4 is 10.6 Å². The number of carbonyl (C=O) groups excluding carboxylic acids is 2. The average molecular weight is 481 g/mol. The van der Waals surface area contributed by atoms with E-state index in [1.165, 1.54) is 22.3 Å². The van der Waals surface area contributed by atoms with Crippen molar-refractivity contribution in [3.8, 4) is 11.1 Å². The van der Waals surface area contributed by atoms with Crippen molar-refractivity contribution in [1.29, 1.82) is 0 Å². The zero-order valence-corrected chi connectivity index (χ0v) is 20.6. The van der Waals surface area contributed by atoms with Gasteiger partial charge in [-0.3, -0.25) is 9.59 Å². The first-order valence-corrected chi connectivity index (χ1v) is 12.3. The number of fused-ring (bicyclic) bond motifs is 3. The van der Waals surface area contributed by atoms with E-state index in [1.807, 2.05) is 24.3 Å². The molecule has 188 valence electrons. The van der Waals surface area contributed by atoms with Crippen molar-refractivity contribution in [3.05, 3.63) is 59.7 Å². The van der Waals surface area contributed by atoms with Crippen molar-refractivity contribution in [3.63, 3.8) is 0 Å². The Morgan fingerprint density at radius 1 is 0.857 bits per heavy atom. The summed E-state index contributed by atoms with van der Waals surface area (Å²) in [5.41, 5.74) is 4.65. The second-order valence-electron chi connectivity index (χ2n) is 9.87. The van der Waals surface area contributed by atoms with Crippen molar-refractivity contribution < 1.29 is 24.2 Å². The molecule has 0 heterocycles. The molecule has 0 saturated heterocycles. The second-order valence-corrected chi connectivity index (χ2v) is 9.87. The topological polar surface area (TPSA) is 105 Å². The summed E-state index contributed by atoms with van der Waals surface area (Å²) in [6.45, 7) is 5.41. The number of hydrogen-bond acceptors (Lipinski definition) is 4. The summed E-state index contributed by atoms with van der Waals surface area (Å²) in [6.07, 6.45) is 2.73. The molecular formula is C28H36N2O5. The predicted octanol–water partition coefficient (Wildman–Crippen LogP) is 5.09. The molecule has 0 unspecified atom stereocenters. The number of amides is 2. The summed E-state index contributed by atoms with van der Waals surface area (Å²) < 4.78 is 5.58. The Morgan fingerprint density at radius 3 is 2.11 bits per heavy atom. The van der Waals surface area contributed by atoms with E-state index < -0.39 is 12.1 Å². The lowest BCUT2D eigenvalue weighted by atomic mass is 9.84. The highest BCUT2D eigenvalue weighted by Gasteiger charge is 2.29. The predicted molar refractivity (Wildman–Crippen MR) is 135 cm³/mol. The quantitative estimate of drug-likeness (QED) is 0.346. The molecule has 2 amide bonds. The Kier molecular flexibility index (Phi) is 9.29. The molecular weight excluding hydrogens is 444 g/mol. The van der Waals surface area contributed by atoms with Gasteiger partial charge in [-0.25, -0.2) is 4.79 Å². The zero-order valence-electron chi connectivity index (χ0n) is 20.6. The molecule has 1 aliphatic rings. The minimum atomic E-state index is -0.815. The SMILES string of the molecule is CC(C)(CCNC(=O)OCC1c2ccccc2-c2ccccc21)CCC(=O)NCCCCC(=O)O. The number of unbranched alkanes of at least 4 members (excludes halogenated alkanes) is 1. The molecule has 0 spiro atoms. The van der Waals surface area contributed by atoms with E-state index >= 15 is 0 Å². The number of rotatable bonds is 13. The van der Waals surface area contributed by atoms with E-state index in [0.29, 0.717) is 38.8 Å². The zero-order chi connectivity index (χ0) is 25.3. The standard InChI is InChI=1S/C28H36N2O5/c1-28(2,15-14-25(31)29-17-8-7-13-26(32)33)16-18-30-27(34)35-19-24-22-11-5-3-9-20(22)21-10-4-6-12-23(21)24/h3-6,9-12,24H,7-8,13-19H2,1-2H3,(H,29,31)(H,30,34)(H,32,33). The lowest BCUT2D eigenvalue weighted by Crippen LogP contribution is -2.31. The van der Waals surface area contributed by atoms with Crippen LogP contribution in [0.4, 0.5) is 4.79 Å². The van der Waals surface area contributed by atoms with Crippen molar-refractivity contribution in [2.75, 3.05) is 19.7 Å². The fourth-order valence-electron chi connectivity index (χ4n) is 4.45. The average Bonchev–Trinajstić information content (AvgIpc) is 3.15. The first-order valence-electron chi connectivity index (χ1n) is 12.3. The van der Waals surface area contributed by atoms with E-state index in [2.05, 4.69) is 48.7 Å². The summed E-state index contributed by atoms with van der Waals surface area (Å²) in [4.78, 5) is 34.9. The molecule has 0 bridgehead atoms. The van der Waals surface area contributed by atoms with Gasteiger partial charge in [-0.15, -0.1) is 0 Å². The Balaban J connectivity index is 1.35. The molecule has 7 nitrogen and oxygen atoms in total. The summed E-state index contributed by atoms with van der Waals surface area (Å²) >= 11 is 0. The van der Waals surface area contributed by atoms with Gasteiger partial charge in [0.05, 0.1) is 0 Å². The highest BCUT2D eigenvalue weighted by molar-refractivity contribution is 5.79. The van der Waals surface area contributed by atoms with Crippen LogP contribution in [-0.4, -0.2) is 42.8 Å². The molecule has 0 aromatic heterocycles. The Bertz CT molecular complexity index is 988. The largest absolute Gasteiger partial charge is 0.481 e. The van der Waals surface area contributed by atoms with Gasteiger partial charge < -0.3 is 20.5 Å². The molecule has 35 heavy (non-hydrogen) atoms. The minimum absolute atomic E-state index is 0.0297. The van der Waals surface area contributed by atoms with E-state index in [9.17, 15) is 14.4 Å². The van der Waals surface area contributed by atoms with Gasteiger partial charge in [0.2, 0.25) is 5.91 Å². The number of carboxylic acid groups (broad SMARTS) is 1. The molecule has 0 fully saturated rings. The number of benzene rings is 2. The van der Waals surface area contributed by atoms with Gasteiger partial charge in [-0.05, 0) is 53.4 Å². The normalized spacial score (nSPS) is 12.5. The molecule has 7 heteroatoms. The monoisotopic (exact) mass is 480 g/mol. The number of carboxylic acids is 1. The number of hydrogen-bond donors (Lipinski definition) is 3. The van der Waals surface area contributed by atoms with Crippen LogP contribution in [0.5, 0.6) is 0 Å². The van der Waals surface area contributed by atoms with Crippen molar-refractivity contribution >= 4 is 18.0 Å². The lowest BCUT2D eigenvalue weighted by Gasteiger charge is -2.24. The molecule has 0 saturated carbocycles. The fraction of sp³-hybridized carbons (Fsp3) is 0.464. The van der Waals surface area contributed by atoms with Crippen LogP contribution in [0.3, 0.4) is 0 Å². The number of alkyl carbamates (subject to hydrolysis) is 1. The van der Waals surface area contributed by atoms with E-state index in [-0.39, 0.29) is 30.3 Å². The van der Waals surface area contributed by atoms with Crippen molar-refractivity contribution in [1.82, 2.24) is 10.6 Å². The van der Waals surface area contributed by atoms with Gasteiger partial charge >= 0.3 is 12.1 Å². The summed E-state index contributed by atoms with van der Waals surface area (Å²) in [7, 11) is 0. The summed E-state index contributed by atoms with van der Waals surface area (Å²) in [6, 6.07) is 16.5. The van der Waals surface area contributed by atoms with Crippen LogP contribution in [0.2, 0.25) is 0 Å². The van der Waals surface area contributed by atoms with Gasteiger partial charge in [-0.1, -0.05) is 62.4 Å². The first kappa shape index (κ1) is 26.3. The maximum Gasteiger partial charge on any atom is 0.407 e. The third kappa shape index (κ3) is 7.84. The molecule has 0 radical (unpaired) electrons. The number of nitrogens with one attached hydrogen (secondary N) is 2. The maximum atomic E-state index is 12.4. The van der Waals surface area contributed by atoms with Gasteiger partial charge in [0, 0.05) is 31.8 Å². The Morgan fingerprint density at radius 2 is 1.49 bits per heavy atom. The Hall–Kier alpha value is -3.35. The first-order chi connectivity index (χ1) is 16.8. The van der Waals surface area contributed by atoms with Gasteiger partial charge in [0.15, 0.2) is 0 Å². The van der Waals surface area contributed by atoms with E-state index in [1.54, 1.807) is 0 Å². The molecule has 0 aliphatic heterocycles. The summed E-state index contributed by atoms with van der Waals surface area (Å²) in [5, 5.41) is 14.3. The van der Waals surface area contributed by atoms with Crippen LogP contribution in [0.25, 0.3) is 11.1 Å². The van der Waals surface area contributed by atoms with Crippen LogP contribution in [-0.2, 0) is 14.3 Å². The van der Waals surface area contributed by atoms with Gasteiger partial charge in [-0.2, -0.15) is 0 Å². The number of aliphatic carboxylic acids is 1. The van der Waals surface area contributed by atoms with Crippen LogP contribution in [0.1, 0.15) is 69.4 Å². The third-order valence-corrected chi connectivity index (χ3v) is 6.58. The van der Waals surface area contributed by atoms with Gasteiger partial charge in [0.1, 0.15) is 6.61 Å². The van der Waals surface area contributed by atoms with Crippen LogP contribution >= 0.6 is 0 Å². The highest BCUT2D eigenvalue weighted by Crippen LogP contribution is 2.44. The molecule has 3 N–H and O–H groups in total. The van der Waals surface area contributed by atoms with Crippen molar-refractivity contribution in [2.45, 2.75) is 58.3 Å². The molecule has 0 atom stereocenters. The fourth-order valence-corrected chi connectivity index (χ4v) is 4.45. The summed E-state index contributed by atoms with van der Waals surface area (Å²) in [5.74, 6) is -0.810. The highest BCUT2D eigenvalue weighted by atomic mass is 16.5. The second kappa shape index (κ2) is 12.4. The maximum absolute atomic E-state index is 12.4. The lowest BCUT2D eigenvalue weighted by molar-refractivity contribution is -0.137. The van der Waals surface area contributed by atoms with E-state index in [4.69, 9.17) is 9.84 Å². The minimum Gasteiger partial charge on any atom is -0.481 e. The number of ether oxygens (including phenoxy) is 1. The van der Waals surface area contributed by atoms with Gasteiger partial charge in [0.25, 0.3) is 0 Å².